The van der Waals surface area contributed by atoms with Crippen molar-refractivity contribution in [3.8, 4) is 11.5 Å². The first-order valence-corrected chi connectivity index (χ1v) is 9.44. The van der Waals surface area contributed by atoms with Crippen LogP contribution in [0.4, 0.5) is 11.4 Å². The van der Waals surface area contributed by atoms with Crippen LogP contribution in [0.15, 0.2) is 45.6 Å². The number of fused-ring (bicyclic) bond motifs is 2. The number of anilines is 2. The minimum absolute atomic E-state index is 0.222. The zero-order chi connectivity index (χ0) is 20.7. The molecule has 1 fully saturated rings. The van der Waals surface area contributed by atoms with E-state index >= 15 is 0 Å². The zero-order valence-electron chi connectivity index (χ0n) is 15.8. The second-order valence-corrected chi connectivity index (χ2v) is 7.00. The summed E-state index contributed by atoms with van der Waals surface area (Å²) in [6.45, 7) is 2.26. The number of oxazole rings is 1. The van der Waals surface area contributed by atoms with Crippen LogP contribution in [0.2, 0.25) is 0 Å². The monoisotopic (exact) mass is 410 g/mol. The lowest BCUT2D eigenvalue weighted by molar-refractivity contribution is -0.143. The molecule has 154 valence electrons. The number of aromatic nitrogens is 1. The maximum Gasteiger partial charge on any atom is 0.417 e. The van der Waals surface area contributed by atoms with E-state index in [1.54, 1.807) is 12.1 Å². The van der Waals surface area contributed by atoms with E-state index in [1.165, 1.54) is 11.0 Å². The average Bonchev–Trinajstić information content (AvgIpc) is 3.37. The van der Waals surface area contributed by atoms with Crippen LogP contribution in [0.1, 0.15) is 0 Å². The van der Waals surface area contributed by atoms with Gasteiger partial charge in [-0.1, -0.05) is 0 Å². The summed E-state index contributed by atoms with van der Waals surface area (Å²) in [5.41, 5.74) is 2.19. The minimum atomic E-state index is -0.733. The molecule has 1 aromatic heterocycles. The van der Waals surface area contributed by atoms with Crippen LogP contribution in [0.3, 0.4) is 0 Å². The van der Waals surface area contributed by atoms with Crippen LogP contribution in [-0.2, 0) is 9.59 Å². The van der Waals surface area contributed by atoms with Crippen LogP contribution in [0.25, 0.3) is 11.1 Å². The lowest BCUT2D eigenvalue weighted by Crippen LogP contribution is -2.51. The molecule has 10 nitrogen and oxygen atoms in total. The standard InChI is InChI=1S/C20H18N4O6/c25-18(21-12-1-3-14-16(9-12)30-20(27)22-14)19(26)24-7-5-23(6-8-24)13-2-4-15-17(10-13)29-11-28-15/h1-4,9-10H,5-8,11H2,(H,21,25)(H,22,27). The van der Waals surface area contributed by atoms with Gasteiger partial charge in [0.25, 0.3) is 0 Å². The van der Waals surface area contributed by atoms with Crippen molar-refractivity contribution < 1.29 is 23.5 Å². The topological polar surface area (TPSA) is 117 Å². The van der Waals surface area contributed by atoms with E-state index in [1.807, 2.05) is 18.2 Å². The number of benzene rings is 2. The summed E-state index contributed by atoms with van der Waals surface area (Å²) in [6, 6.07) is 10.4. The fourth-order valence-electron chi connectivity index (χ4n) is 3.60. The van der Waals surface area contributed by atoms with E-state index in [4.69, 9.17) is 13.9 Å². The summed E-state index contributed by atoms with van der Waals surface area (Å²) in [5.74, 6) is -0.480. The number of rotatable bonds is 2. The van der Waals surface area contributed by atoms with Crippen molar-refractivity contribution in [2.75, 3.05) is 43.2 Å². The van der Waals surface area contributed by atoms with E-state index in [0.29, 0.717) is 48.7 Å². The molecule has 3 aromatic rings. The van der Waals surface area contributed by atoms with Crippen LogP contribution < -0.4 is 25.4 Å². The van der Waals surface area contributed by atoms with Crippen molar-refractivity contribution in [2.45, 2.75) is 0 Å². The smallest absolute Gasteiger partial charge is 0.417 e. The third kappa shape index (κ3) is 3.32. The summed E-state index contributed by atoms with van der Waals surface area (Å²) in [7, 11) is 0. The molecule has 2 N–H and O–H groups in total. The molecule has 5 rings (SSSR count). The molecular formula is C20H18N4O6. The predicted octanol–water partition coefficient (Wildman–Crippen LogP) is 1.14. The third-order valence-electron chi connectivity index (χ3n) is 5.16. The number of ether oxygens (including phenoxy) is 2. The fraction of sp³-hybridized carbons (Fsp3) is 0.250. The molecule has 30 heavy (non-hydrogen) atoms. The first-order chi connectivity index (χ1) is 14.6. The van der Waals surface area contributed by atoms with Crippen LogP contribution in [-0.4, -0.2) is 54.7 Å². The van der Waals surface area contributed by atoms with Gasteiger partial charge in [-0.15, -0.1) is 0 Å². The number of amides is 2. The van der Waals surface area contributed by atoms with Crippen molar-refractivity contribution >= 4 is 34.3 Å². The van der Waals surface area contributed by atoms with Crippen LogP contribution >= 0.6 is 0 Å². The zero-order valence-corrected chi connectivity index (χ0v) is 15.8. The molecule has 2 amide bonds. The van der Waals surface area contributed by atoms with Gasteiger partial charge in [-0.3, -0.25) is 14.6 Å². The highest BCUT2D eigenvalue weighted by atomic mass is 16.7. The second-order valence-electron chi connectivity index (χ2n) is 7.00. The Morgan fingerprint density at radius 3 is 2.60 bits per heavy atom. The summed E-state index contributed by atoms with van der Waals surface area (Å²) in [4.78, 5) is 42.3. The van der Waals surface area contributed by atoms with E-state index in [2.05, 4.69) is 15.2 Å². The van der Waals surface area contributed by atoms with Crippen molar-refractivity contribution in [3.63, 3.8) is 0 Å². The van der Waals surface area contributed by atoms with Gasteiger partial charge in [-0.2, -0.15) is 0 Å². The number of piperazine rings is 1. The Labute approximate surface area is 170 Å². The van der Waals surface area contributed by atoms with E-state index < -0.39 is 17.6 Å². The summed E-state index contributed by atoms with van der Waals surface area (Å²) in [6.07, 6.45) is 0. The van der Waals surface area contributed by atoms with E-state index in [9.17, 15) is 14.4 Å². The number of hydrogen-bond donors (Lipinski definition) is 2. The molecule has 0 atom stereocenters. The number of carbonyl (C=O) groups is 2. The Balaban J connectivity index is 1.20. The number of nitrogens with one attached hydrogen (secondary N) is 2. The maximum atomic E-state index is 12.5. The van der Waals surface area contributed by atoms with Crippen molar-refractivity contribution in [3.05, 3.63) is 46.9 Å². The van der Waals surface area contributed by atoms with Gasteiger partial charge >= 0.3 is 17.6 Å². The minimum Gasteiger partial charge on any atom is -0.454 e. The Hall–Kier alpha value is -3.95. The summed E-state index contributed by atoms with van der Waals surface area (Å²) in [5, 5.41) is 2.56. The Kier molecular flexibility index (Phi) is 4.31. The maximum absolute atomic E-state index is 12.5. The molecule has 2 aliphatic heterocycles. The number of nitrogens with zero attached hydrogens (tertiary/aromatic N) is 2. The molecule has 10 heteroatoms. The number of H-pyrrole nitrogens is 1. The highest BCUT2D eigenvalue weighted by Crippen LogP contribution is 2.35. The highest BCUT2D eigenvalue weighted by molar-refractivity contribution is 6.39. The molecule has 0 aliphatic carbocycles. The molecule has 0 bridgehead atoms. The van der Waals surface area contributed by atoms with Crippen molar-refractivity contribution in [2.24, 2.45) is 0 Å². The largest absolute Gasteiger partial charge is 0.454 e. The molecular weight excluding hydrogens is 392 g/mol. The molecule has 0 radical (unpaired) electrons. The van der Waals surface area contributed by atoms with Gasteiger partial charge in [0.15, 0.2) is 17.1 Å². The molecule has 0 saturated carbocycles. The van der Waals surface area contributed by atoms with E-state index in [0.717, 1.165) is 11.4 Å². The molecule has 0 unspecified atom stereocenters. The summed E-state index contributed by atoms with van der Waals surface area (Å²) >= 11 is 0. The van der Waals surface area contributed by atoms with Gasteiger partial charge in [-0.05, 0) is 24.3 Å². The molecule has 2 aliphatic rings. The Morgan fingerprint density at radius 1 is 0.967 bits per heavy atom. The third-order valence-corrected chi connectivity index (χ3v) is 5.16. The van der Waals surface area contributed by atoms with Gasteiger partial charge in [0.1, 0.15) is 0 Å². The van der Waals surface area contributed by atoms with Crippen LogP contribution in [0, 0.1) is 0 Å². The first kappa shape index (κ1) is 18.1. The lowest BCUT2D eigenvalue weighted by atomic mass is 10.2. The highest BCUT2D eigenvalue weighted by Gasteiger charge is 2.27. The second kappa shape index (κ2) is 7.14. The Morgan fingerprint density at radius 2 is 1.77 bits per heavy atom. The quantitative estimate of drug-likeness (QED) is 0.609. The normalized spacial score (nSPS) is 15.5. The number of hydrogen-bond acceptors (Lipinski definition) is 7. The summed E-state index contributed by atoms with van der Waals surface area (Å²) < 4.78 is 15.7. The van der Waals surface area contributed by atoms with Gasteiger partial charge < -0.3 is 29.0 Å². The molecule has 1 saturated heterocycles. The van der Waals surface area contributed by atoms with Gasteiger partial charge in [-0.25, -0.2) is 4.79 Å². The molecule has 0 spiro atoms. The average molecular weight is 410 g/mol. The van der Waals surface area contributed by atoms with Crippen molar-refractivity contribution in [1.82, 2.24) is 9.88 Å². The molecule has 2 aromatic carbocycles. The fourth-order valence-corrected chi connectivity index (χ4v) is 3.60. The molecule has 3 heterocycles. The number of aromatic amines is 1. The van der Waals surface area contributed by atoms with Gasteiger partial charge in [0.05, 0.1) is 5.52 Å². The van der Waals surface area contributed by atoms with E-state index in [-0.39, 0.29) is 6.79 Å². The van der Waals surface area contributed by atoms with Crippen molar-refractivity contribution in [1.29, 1.82) is 0 Å². The van der Waals surface area contributed by atoms with Gasteiger partial charge in [0, 0.05) is 49.7 Å². The van der Waals surface area contributed by atoms with Crippen LogP contribution in [0.5, 0.6) is 11.5 Å². The number of carbonyl (C=O) groups excluding carboxylic acids is 2. The van der Waals surface area contributed by atoms with Gasteiger partial charge in [0.2, 0.25) is 6.79 Å². The Bertz CT molecular complexity index is 1190. The SMILES string of the molecule is O=C(Nc1ccc2[nH]c(=O)oc2c1)C(=O)N1CCN(c2ccc3c(c2)OCO3)CC1. The lowest BCUT2D eigenvalue weighted by Gasteiger charge is -2.35. The predicted molar refractivity (Wildman–Crippen MR) is 107 cm³/mol. The first-order valence-electron chi connectivity index (χ1n) is 9.44.